The number of ether oxygens (including phenoxy) is 4. The summed E-state index contributed by atoms with van der Waals surface area (Å²) in [4.78, 5) is 11.7. The molecule has 0 aromatic rings. The molecule has 0 radical (unpaired) electrons. The van der Waals surface area contributed by atoms with Gasteiger partial charge in [0.25, 0.3) is 0 Å². The van der Waals surface area contributed by atoms with Gasteiger partial charge in [0.05, 0.1) is 33.0 Å². The number of esters is 1. The van der Waals surface area contributed by atoms with Crippen molar-refractivity contribution in [3.05, 3.63) is 0 Å². The van der Waals surface area contributed by atoms with E-state index in [2.05, 4.69) is 13.8 Å². The van der Waals surface area contributed by atoms with Gasteiger partial charge in [0.1, 0.15) is 0 Å². The van der Waals surface area contributed by atoms with Gasteiger partial charge in [-0.3, -0.25) is 4.79 Å². The van der Waals surface area contributed by atoms with Crippen molar-refractivity contribution in [2.75, 3.05) is 46.2 Å². The second-order valence-corrected chi connectivity index (χ2v) is 8.05. The molecule has 0 N–H and O–H groups in total. The van der Waals surface area contributed by atoms with E-state index in [0.29, 0.717) is 52.5 Å². The first-order chi connectivity index (χ1) is 14.8. The molecule has 0 saturated carbocycles. The zero-order valence-electron chi connectivity index (χ0n) is 20.1. The lowest BCUT2D eigenvalue weighted by Crippen LogP contribution is -2.11. The number of unbranched alkanes of at least 4 members (excludes halogenated alkanes) is 11. The van der Waals surface area contributed by atoms with Gasteiger partial charge in [-0.05, 0) is 19.3 Å². The third-order valence-electron chi connectivity index (χ3n) is 5.07. The van der Waals surface area contributed by atoms with Crippen molar-refractivity contribution < 1.29 is 23.7 Å². The number of carbonyl (C=O) groups excluding carboxylic acids is 1. The molecule has 0 saturated heterocycles. The van der Waals surface area contributed by atoms with Crippen molar-refractivity contribution in [3.8, 4) is 0 Å². The average molecular weight is 431 g/mol. The SMILES string of the molecule is CCCCCCCCCCCCOC(=O)CCCOCCOCCOCCCCC. The van der Waals surface area contributed by atoms with E-state index in [9.17, 15) is 4.79 Å². The molecule has 180 valence electrons. The highest BCUT2D eigenvalue weighted by atomic mass is 16.5. The van der Waals surface area contributed by atoms with Crippen LogP contribution in [0.4, 0.5) is 0 Å². The van der Waals surface area contributed by atoms with E-state index in [1.165, 1.54) is 64.2 Å². The lowest BCUT2D eigenvalue weighted by Gasteiger charge is -2.07. The maximum Gasteiger partial charge on any atom is 0.305 e. The Morgan fingerprint density at radius 3 is 1.43 bits per heavy atom. The highest BCUT2D eigenvalue weighted by Gasteiger charge is 2.02. The predicted octanol–water partition coefficient (Wildman–Crippen LogP) is 6.47. The standard InChI is InChI=1S/C25H50O5/c1-3-5-7-8-9-10-11-12-13-15-20-30-25(26)17-16-19-28-22-24-29-23-21-27-18-14-6-4-2/h3-24H2,1-2H3. The molecule has 0 aromatic carbocycles. The van der Waals surface area contributed by atoms with E-state index < -0.39 is 0 Å². The van der Waals surface area contributed by atoms with Crippen LogP contribution < -0.4 is 0 Å². The highest BCUT2D eigenvalue weighted by molar-refractivity contribution is 5.69. The first-order valence-corrected chi connectivity index (χ1v) is 12.7. The third kappa shape index (κ3) is 25.4. The van der Waals surface area contributed by atoms with Gasteiger partial charge in [-0.2, -0.15) is 0 Å². The van der Waals surface area contributed by atoms with Gasteiger partial charge in [-0.1, -0.05) is 84.5 Å². The van der Waals surface area contributed by atoms with Crippen LogP contribution in [0.5, 0.6) is 0 Å². The van der Waals surface area contributed by atoms with Crippen LogP contribution in [-0.4, -0.2) is 52.2 Å². The molecule has 0 spiro atoms. The maximum atomic E-state index is 11.7. The molecule has 30 heavy (non-hydrogen) atoms. The summed E-state index contributed by atoms with van der Waals surface area (Å²) in [5.74, 6) is -0.106. The summed E-state index contributed by atoms with van der Waals surface area (Å²) in [6.07, 6.45) is 17.6. The molecule has 0 rings (SSSR count). The summed E-state index contributed by atoms with van der Waals surface area (Å²) in [5, 5.41) is 0. The second-order valence-electron chi connectivity index (χ2n) is 8.05. The quantitative estimate of drug-likeness (QED) is 0.123. The molecule has 0 bridgehead atoms. The lowest BCUT2D eigenvalue weighted by atomic mass is 10.1. The molecule has 0 unspecified atom stereocenters. The van der Waals surface area contributed by atoms with E-state index in [0.717, 1.165) is 25.9 Å². The minimum absolute atomic E-state index is 0.106. The molecular formula is C25H50O5. The number of rotatable bonds is 25. The van der Waals surface area contributed by atoms with Crippen LogP contribution in [-0.2, 0) is 23.7 Å². The van der Waals surface area contributed by atoms with Crippen molar-refractivity contribution in [2.24, 2.45) is 0 Å². The van der Waals surface area contributed by atoms with Crippen LogP contribution in [0.2, 0.25) is 0 Å². The molecule has 5 nitrogen and oxygen atoms in total. The van der Waals surface area contributed by atoms with Crippen LogP contribution in [0.1, 0.15) is 110 Å². The average Bonchev–Trinajstić information content (AvgIpc) is 2.75. The van der Waals surface area contributed by atoms with Gasteiger partial charge in [-0.25, -0.2) is 0 Å². The fourth-order valence-electron chi connectivity index (χ4n) is 3.16. The van der Waals surface area contributed by atoms with Crippen molar-refractivity contribution in [2.45, 2.75) is 110 Å². The van der Waals surface area contributed by atoms with Crippen LogP contribution in [0.25, 0.3) is 0 Å². The molecule has 0 aliphatic carbocycles. The zero-order chi connectivity index (χ0) is 22.0. The number of hydrogen-bond donors (Lipinski definition) is 0. The molecule has 0 aliphatic rings. The lowest BCUT2D eigenvalue weighted by molar-refractivity contribution is -0.144. The minimum Gasteiger partial charge on any atom is -0.466 e. The summed E-state index contributed by atoms with van der Waals surface area (Å²) in [7, 11) is 0. The smallest absolute Gasteiger partial charge is 0.305 e. The fraction of sp³-hybridized carbons (Fsp3) is 0.960. The van der Waals surface area contributed by atoms with Crippen molar-refractivity contribution in [1.29, 1.82) is 0 Å². The first-order valence-electron chi connectivity index (χ1n) is 12.7. The van der Waals surface area contributed by atoms with Gasteiger partial charge in [0.15, 0.2) is 0 Å². The molecule has 5 heteroatoms. The van der Waals surface area contributed by atoms with Crippen molar-refractivity contribution >= 4 is 5.97 Å². The number of hydrogen-bond acceptors (Lipinski definition) is 5. The predicted molar refractivity (Wildman–Crippen MR) is 124 cm³/mol. The Kier molecular flexibility index (Phi) is 25.8. The van der Waals surface area contributed by atoms with Crippen molar-refractivity contribution in [1.82, 2.24) is 0 Å². The molecule has 0 atom stereocenters. The summed E-state index contributed by atoms with van der Waals surface area (Å²) in [6.45, 7) is 8.79. The van der Waals surface area contributed by atoms with E-state index in [1.54, 1.807) is 0 Å². The van der Waals surface area contributed by atoms with E-state index in [-0.39, 0.29) is 5.97 Å². The fourth-order valence-corrected chi connectivity index (χ4v) is 3.16. The van der Waals surface area contributed by atoms with Gasteiger partial charge in [0, 0.05) is 19.6 Å². The topological polar surface area (TPSA) is 54.0 Å². The molecular weight excluding hydrogens is 380 g/mol. The van der Waals surface area contributed by atoms with Crippen LogP contribution >= 0.6 is 0 Å². The monoisotopic (exact) mass is 430 g/mol. The van der Waals surface area contributed by atoms with Gasteiger partial charge in [0.2, 0.25) is 0 Å². The summed E-state index contributed by atoms with van der Waals surface area (Å²) < 4.78 is 21.7. The Labute approximate surface area is 186 Å². The second kappa shape index (κ2) is 26.4. The van der Waals surface area contributed by atoms with Gasteiger partial charge in [-0.15, -0.1) is 0 Å². The van der Waals surface area contributed by atoms with Crippen LogP contribution in [0.3, 0.4) is 0 Å². The van der Waals surface area contributed by atoms with Gasteiger partial charge >= 0.3 is 5.97 Å². The van der Waals surface area contributed by atoms with Crippen molar-refractivity contribution in [3.63, 3.8) is 0 Å². The molecule has 0 amide bonds. The van der Waals surface area contributed by atoms with Gasteiger partial charge < -0.3 is 18.9 Å². The number of carbonyl (C=O) groups is 1. The van der Waals surface area contributed by atoms with E-state index >= 15 is 0 Å². The largest absolute Gasteiger partial charge is 0.466 e. The Morgan fingerprint density at radius 2 is 0.867 bits per heavy atom. The summed E-state index contributed by atoms with van der Waals surface area (Å²) in [6, 6.07) is 0. The minimum atomic E-state index is -0.106. The maximum absolute atomic E-state index is 11.7. The van der Waals surface area contributed by atoms with Crippen LogP contribution in [0.15, 0.2) is 0 Å². The summed E-state index contributed by atoms with van der Waals surface area (Å²) >= 11 is 0. The van der Waals surface area contributed by atoms with Crippen LogP contribution in [0, 0.1) is 0 Å². The Balaban J connectivity index is 3.13. The first kappa shape index (κ1) is 29.4. The molecule has 0 heterocycles. The summed E-state index contributed by atoms with van der Waals surface area (Å²) in [5.41, 5.74) is 0. The van der Waals surface area contributed by atoms with E-state index in [4.69, 9.17) is 18.9 Å². The normalized spacial score (nSPS) is 11.1. The Hall–Kier alpha value is -0.650. The zero-order valence-corrected chi connectivity index (χ0v) is 20.1. The molecule has 0 fully saturated rings. The van der Waals surface area contributed by atoms with E-state index in [1.807, 2.05) is 0 Å². The Bertz CT molecular complexity index is 336. The Morgan fingerprint density at radius 1 is 0.467 bits per heavy atom. The molecule has 0 aliphatic heterocycles. The third-order valence-corrected chi connectivity index (χ3v) is 5.07. The highest BCUT2D eigenvalue weighted by Crippen LogP contribution is 2.10. The molecule has 0 aromatic heterocycles.